The van der Waals surface area contributed by atoms with Crippen molar-refractivity contribution in [1.29, 1.82) is 0 Å². The first kappa shape index (κ1) is 22.3. The normalized spacial score (nSPS) is 11.8. The number of nitrogens with one attached hydrogen (secondary N) is 1. The zero-order valence-corrected chi connectivity index (χ0v) is 18.3. The van der Waals surface area contributed by atoms with E-state index in [-0.39, 0.29) is 24.3 Å². The molecule has 0 aliphatic carbocycles. The van der Waals surface area contributed by atoms with Crippen LogP contribution in [-0.2, 0) is 20.9 Å². The van der Waals surface area contributed by atoms with Crippen LogP contribution in [0.3, 0.4) is 0 Å². The second-order valence-electron chi connectivity index (χ2n) is 7.24. The van der Waals surface area contributed by atoms with Gasteiger partial charge in [0.15, 0.2) is 6.61 Å². The summed E-state index contributed by atoms with van der Waals surface area (Å²) in [5.41, 5.74) is 1.05. The zero-order valence-electron chi connectivity index (χ0n) is 17.4. The minimum Gasteiger partial charge on any atom is -0.456 e. The number of aryl methyl sites for hydroxylation is 1. The van der Waals surface area contributed by atoms with Gasteiger partial charge in [-0.3, -0.25) is 19.0 Å². The number of para-hydroxylation sites is 1. The molecule has 1 atom stereocenters. The number of halogens is 1. The quantitative estimate of drug-likeness (QED) is 0.403. The van der Waals surface area contributed by atoms with Crippen LogP contribution in [0.4, 0.5) is 4.39 Å². The number of rotatable bonds is 8. The fourth-order valence-corrected chi connectivity index (χ4v) is 4.13. The summed E-state index contributed by atoms with van der Waals surface area (Å²) in [5, 5.41) is 5.16. The van der Waals surface area contributed by atoms with E-state index in [1.54, 1.807) is 36.4 Å². The fourth-order valence-electron chi connectivity index (χ4n) is 3.33. The van der Waals surface area contributed by atoms with E-state index in [1.165, 1.54) is 34.4 Å². The van der Waals surface area contributed by atoms with Gasteiger partial charge in [-0.1, -0.05) is 30.3 Å². The lowest BCUT2D eigenvalue weighted by Gasteiger charge is -2.18. The summed E-state index contributed by atoms with van der Waals surface area (Å²) < 4.78 is 19.7. The van der Waals surface area contributed by atoms with E-state index in [0.29, 0.717) is 16.5 Å². The minimum atomic E-state index is -0.611. The summed E-state index contributed by atoms with van der Waals surface area (Å²) >= 11 is 1.45. The number of esters is 1. The van der Waals surface area contributed by atoms with E-state index in [0.717, 1.165) is 4.88 Å². The number of thiophene rings is 1. The van der Waals surface area contributed by atoms with Crippen LogP contribution in [0.15, 0.2) is 77.2 Å². The molecule has 4 rings (SSSR count). The number of hydrogen-bond acceptors (Lipinski definition) is 6. The third-order valence-electron chi connectivity index (χ3n) is 4.99. The van der Waals surface area contributed by atoms with Crippen molar-refractivity contribution in [3.8, 4) is 0 Å². The van der Waals surface area contributed by atoms with Crippen LogP contribution < -0.4 is 10.9 Å². The van der Waals surface area contributed by atoms with Crippen LogP contribution in [-0.4, -0.2) is 28.0 Å². The van der Waals surface area contributed by atoms with Gasteiger partial charge in [-0.05, 0) is 41.3 Å². The van der Waals surface area contributed by atoms with Gasteiger partial charge in [0.2, 0.25) is 0 Å². The molecule has 0 spiro atoms. The Bertz CT molecular complexity index is 1320. The molecule has 1 unspecified atom stereocenters. The molecule has 168 valence electrons. The summed E-state index contributed by atoms with van der Waals surface area (Å²) in [7, 11) is 0. The predicted molar refractivity (Wildman–Crippen MR) is 122 cm³/mol. The summed E-state index contributed by atoms with van der Waals surface area (Å²) in [6.07, 6.45) is 1.30. The highest BCUT2D eigenvalue weighted by Gasteiger charge is 2.19. The molecular formula is C24H20FN3O4S. The number of amides is 1. The van der Waals surface area contributed by atoms with E-state index in [1.807, 2.05) is 17.5 Å². The monoisotopic (exact) mass is 465 g/mol. The number of ether oxygens (including phenoxy) is 1. The summed E-state index contributed by atoms with van der Waals surface area (Å²) in [6.45, 7) is -0.378. The molecule has 0 aliphatic rings. The molecule has 2 heterocycles. The summed E-state index contributed by atoms with van der Waals surface area (Å²) in [5.74, 6) is -1.47. The van der Waals surface area contributed by atoms with Crippen molar-refractivity contribution in [3.05, 3.63) is 99.0 Å². The summed E-state index contributed by atoms with van der Waals surface area (Å²) in [4.78, 5) is 42.1. The molecule has 0 bridgehead atoms. The van der Waals surface area contributed by atoms with Crippen LogP contribution >= 0.6 is 11.3 Å². The number of carbonyl (C=O) groups is 2. The average molecular weight is 466 g/mol. The first-order chi connectivity index (χ1) is 16.0. The van der Waals surface area contributed by atoms with E-state index in [4.69, 9.17) is 4.74 Å². The van der Waals surface area contributed by atoms with Crippen molar-refractivity contribution in [3.63, 3.8) is 0 Å². The third-order valence-corrected chi connectivity index (χ3v) is 5.93. The Morgan fingerprint density at radius 1 is 1.09 bits per heavy atom. The lowest BCUT2D eigenvalue weighted by Crippen LogP contribution is -2.33. The first-order valence-electron chi connectivity index (χ1n) is 10.2. The maximum atomic E-state index is 13.3. The number of aromatic nitrogens is 2. The molecule has 1 N–H and O–H groups in total. The molecule has 0 aliphatic heterocycles. The first-order valence-corrected chi connectivity index (χ1v) is 11.1. The maximum absolute atomic E-state index is 13.3. The van der Waals surface area contributed by atoms with Crippen molar-refractivity contribution in [2.75, 3.05) is 6.61 Å². The summed E-state index contributed by atoms with van der Waals surface area (Å²) in [6, 6.07) is 16.0. The Balaban J connectivity index is 1.33. The number of benzene rings is 2. The van der Waals surface area contributed by atoms with Crippen molar-refractivity contribution in [2.24, 2.45) is 0 Å². The van der Waals surface area contributed by atoms with Crippen molar-refractivity contribution >= 4 is 34.1 Å². The number of hydrogen-bond donors (Lipinski definition) is 1. The second kappa shape index (κ2) is 10.2. The molecule has 9 heteroatoms. The van der Waals surface area contributed by atoms with Gasteiger partial charge in [0.25, 0.3) is 11.5 Å². The minimum absolute atomic E-state index is 0.0838. The van der Waals surface area contributed by atoms with Crippen LogP contribution in [0.2, 0.25) is 0 Å². The standard InChI is InChI=1S/C24H20FN3O4S/c25-17-9-7-16(8-10-17)23(20-6-3-13-33-20)27-21(29)14-32-22(30)11-12-28-15-26-19-5-2-1-4-18(19)24(28)31/h1-10,13,15,23H,11-12,14H2,(H,27,29). The van der Waals surface area contributed by atoms with Crippen LogP contribution in [0.5, 0.6) is 0 Å². The molecule has 0 saturated carbocycles. The van der Waals surface area contributed by atoms with Crippen LogP contribution in [0, 0.1) is 5.82 Å². The van der Waals surface area contributed by atoms with Crippen LogP contribution in [0.25, 0.3) is 10.9 Å². The third kappa shape index (κ3) is 5.50. The Labute approximate surface area is 192 Å². The van der Waals surface area contributed by atoms with Gasteiger partial charge in [0.05, 0.1) is 29.7 Å². The van der Waals surface area contributed by atoms with Gasteiger partial charge < -0.3 is 10.1 Å². The molecule has 2 aromatic carbocycles. The molecule has 33 heavy (non-hydrogen) atoms. The van der Waals surface area contributed by atoms with Crippen molar-refractivity contribution in [1.82, 2.24) is 14.9 Å². The lowest BCUT2D eigenvalue weighted by molar-refractivity contribution is -0.148. The van der Waals surface area contributed by atoms with E-state index in [9.17, 15) is 18.8 Å². The van der Waals surface area contributed by atoms with Gasteiger partial charge >= 0.3 is 5.97 Å². The molecule has 0 fully saturated rings. The molecule has 1 amide bonds. The van der Waals surface area contributed by atoms with Crippen molar-refractivity contribution < 1.29 is 18.7 Å². The SMILES string of the molecule is O=C(COC(=O)CCn1cnc2ccccc2c1=O)NC(c1ccc(F)cc1)c1cccs1. The topological polar surface area (TPSA) is 90.3 Å². The smallest absolute Gasteiger partial charge is 0.308 e. The molecular weight excluding hydrogens is 445 g/mol. The van der Waals surface area contributed by atoms with Crippen LogP contribution in [0.1, 0.15) is 22.9 Å². The Morgan fingerprint density at radius 2 is 1.88 bits per heavy atom. The molecule has 7 nitrogen and oxygen atoms in total. The van der Waals surface area contributed by atoms with Gasteiger partial charge in [-0.2, -0.15) is 0 Å². The highest BCUT2D eigenvalue weighted by atomic mass is 32.1. The Morgan fingerprint density at radius 3 is 2.64 bits per heavy atom. The molecule has 0 radical (unpaired) electrons. The predicted octanol–water partition coefficient (Wildman–Crippen LogP) is 3.44. The Hall–Kier alpha value is -3.85. The van der Waals surface area contributed by atoms with Crippen molar-refractivity contribution in [2.45, 2.75) is 19.0 Å². The van der Waals surface area contributed by atoms with E-state index < -0.39 is 24.5 Å². The van der Waals surface area contributed by atoms with Gasteiger partial charge in [-0.15, -0.1) is 11.3 Å². The highest BCUT2D eigenvalue weighted by Crippen LogP contribution is 2.26. The fraction of sp³-hybridized carbons (Fsp3) is 0.167. The molecule has 0 saturated heterocycles. The van der Waals surface area contributed by atoms with E-state index in [2.05, 4.69) is 10.3 Å². The Kier molecular flexibility index (Phi) is 6.89. The van der Waals surface area contributed by atoms with Gasteiger partial charge in [-0.25, -0.2) is 9.37 Å². The second-order valence-corrected chi connectivity index (χ2v) is 8.22. The van der Waals surface area contributed by atoms with Gasteiger partial charge in [0.1, 0.15) is 5.82 Å². The largest absolute Gasteiger partial charge is 0.456 e. The average Bonchev–Trinajstić information content (AvgIpc) is 3.36. The van der Waals surface area contributed by atoms with E-state index >= 15 is 0 Å². The number of carbonyl (C=O) groups excluding carboxylic acids is 2. The number of nitrogens with zero attached hydrogens (tertiary/aromatic N) is 2. The maximum Gasteiger partial charge on any atom is 0.308 e. The highest BCUT2D eigenvalue weighted by molar-refractivity contribution is 7.10. The lowest BCUT2D eigenvalue weighted by atomic mass is 10.1. The van der Waals surface area contributed by atoms with Gasteiger partial charge in [0, 0.05) is 11.4 Å². The zero-order chi connectivity index (χ0) is 23.2. The molecule has 2 aromatic heterocycles. The molecule has 4 aromatic rings. The number of fused-ring (bicyclic) bond motifs is 1.